The fourth-order valence-electron chi connectivity index (χ4n) is 2.43. The zero-order chi connectivity index (χ0) is 13.9. The van der Waals surface area contributed by atoms with Gasteiger partial charge in [0.25, 0.3) is 0 Å². The van der Waals surface area contributed by atoms with Crippen molar-refractivity contribution < 1.29 is 5.21 Å². The smallest absolute Gasteiger partial charge is 0.188 e. The second kappa shape index (κ2) is 5.47. The van der Waals surface area contributed by atoms with Gasteiger partial charge in [-0.25, -0.2) is 0 Å². The van der Waals surface area contributed by atoms with Crippen LogP contribution in [0.25, 0.3) is 0 Å². The fraction of sp³-hybridized carbons (Fsp3) is 0.571. The Labute approximate surface area is 114 Å². The molecule has 0 spiro atoms. The first-order valence-electron chi connectivity index (χ1n) is 6.77. The van der Waals surface area contributed by atoms with Crippen LogP contribution >= 0.6 is 0 Å². The maximum atomic E-state index is 8.60. The first kappa shape index (κ1) is 13.6. The average Bonchev–Trinajstić information content (AvgIpc) is 2.47. The molecule has 0 aliphatic carbocycles. The van der Waals surface area contributed by atoms with Crippen LogP contribution in [0.4, 0.5) is 5.69 Å². The molecule has 5 nitrogen and oxygen atoms in total. The lowest BCUT2D eigenvalue weighted by molar-refractivity contribution is 0.238. The second-order valence-electron chi connectivity index (χ2n) is 5.54. The van der Waals surface area contributed by atoms with E-state index in [0.29, 0.717) is 11.1 Å². The quantitative estimate of drug-likeness (QED) is 0.379. The van der Waals surface area contributed by atoms with E-state index in [1.807, 2.05) is 6.07 Å². The molecule has 1 aromatic heterocycles. The van der Waals surface area contributed by atoms with Crippen LogP contribution in [-0.4, -0.2) is 29.1 Å². The van der Waals surface area contributed by atoms with Crippen molar-refractivity contribution in [3.8, 4) is 0 Å². The Morgan fingerprint density at radius 2 is 2.16 bits per heavy atom. The number of piperidine rings is 1. The fourth-order valence-corrected chi connectivity index (χ4v) is 2.43. The van der Waals surface area contributed by atoms with Gasteiger partial charge in [0.1, 0.15) is 5.69 Å². The molecule has 0 amide bonds. The summed E-state index contributed by atoms with van der Waals surface area (Å²) < 4.78 is 0. The standard InChI is InChI=1S/C14H22N4O/c1-3-14(2)6-8-18(9-7-14)11-4-5-12(16-10-11)13(15)17-19/h4-5,10,19H,3,6-9H2,1-2H3,(H2,15,17). The number of nitrogens with zero attached hydrogens (tertiary/aromatic N) is 3. The van der Waals surface area contributed by atoms with E-state index in [1.165, 1.54) is 19.3 Å². The van der Waals surface area contributed by atoms with Crippen molar-refractivity contribution in [2.75, 3.05) is 18.0 Å². The van der Waals surface area contributed by atoms with Gasteiger partial charge in [-0.15, -0.1) is 0 Å². The molecule has 0 saturated carbocycles. The van der Waals surface area contributed by atoms with Crippen molar-refractivity contribution in [2.45, 2.75) is 33.1 Å². The van der Waals surface area contributed by atoms with Crippen molar-refractivity contribution in [3.63, 3.8) is 0 Å². The Morgan fingerprint density at radius 3 is 2.63 bits per heavy atom. The molecule has 1 aliphatic heterocycles. The summed E-state index contributed by atoms with van der Waals surface area (Å²) in [6.07, 6.45) is 5.46. The number of hydrogen-bond donors (Lipinski definition) is 2. The highest BCUT2D eigenvalue weighted by Gasteiger charge is 2.28. The number of amidine groups is 1. The van der Waals surface area contributed by atoms with Crippen LogP contribution in [0.3, 0.4) is 0 Å². The number of anilines is 1. The summed E-state index contributed by atoms with van der Waals surface area (Å²) in [6, 6.07) is 3.77. The Morgan fingerprint density at radius 1 is 1.47 bits per heavy atom. The summed E-state index contributed by atoms with van der Waals surface area (Å²) in [7, 11) is 0. The van der Waals surface area contributed by atoms with Gasteiger partial charge in [-0.05, 0) is 30.4 Å². The lowest BCUT2D eigenvalue weighted by Gasteiger charge is -2.39. The highest BCUT2D eigenvalue weighted by atomic mass is 16.4. The monoisotopic (exact) mass is 262 g/mol. The van der Waals surface area contributed by atoms with E-state index in [-0.39, 0.29) is 5.84 Å². The Bertz CT molecular complexity index is 447. The molecule has 1 aromatic rings. The SMILES string of the molecule is CCC1(C)CCN(c2ccc(/C(N)=N/O)nc2)CC1. The van der Waals surface area contributed by atoms with Gasteiger partial charge in [0, 0.05) is 13.1 Å². The molecule has 2 heterocycles. The number of rotatable bonds is 3. The van der Waals surface area contributed by atoms with Crippen molar-refractivity contribution in [3.05, 3.63) is 24.0 Å². The van der Waals surface area contributed by atoms with Crippen LogP contribution in [0, 0.1) is 5.41 Å². The van der Waals surface area contributed by atoms with E-state index in [2.05, 4.69) is 28.9 Å². The number of oxime groups is 1. The topological polar surface area (TPSA) is 74.7 Å². The van der Waals surface area contributed by atoms with E-state index >= 15 is 0 Å². The lowest BCUT2D eigenvalue weighted by Crippen LogP contribution is -2.38. The van der Waals surface area contributed by atoms with Crippen LogP contribution in [-0.2, 0) is 0 Å². The molecule has 0 atom stereocenters. The highest BCUT2D eigenvalue weighted by Crippen LogP contribution is 2.35. The summed E-state index contributed by atoms with van der Waals surface area (Å²) in [5, 5.41) is 11.6. The van der Waals surface area contributed by atoms with Gasteiger partial charge >= 0.3 is 0 Å². The summed E-state index contributed by atoms with van der Waals surface area (Å²) in [4.78, 5) is 6.57. The average molecular weight is 262 g/mol. The summed E-state index contributed by atoms with van der Waals surface area (Å²) >= 11 is 0. The van der Waals surface area contributed by atoms with Gasteiger partial charge in [0.05, 0.1) is 11.9 Å². The third-order valence-electron chi connectivity index (χ3n) is 4.31. The van der Waals surface area contributed by atoms with Crippen LogP contribution < -0.4 is 10.6 Å². The minimum absolute atomic E-state index is 0.0451. The third-order valence-corrected chi connectivity index (χ3v) is 4.31. The molecule has 104 valence electrons. The highest BCUT2D eigenvalue weighted by molar-refractivity contribution is 5.95. The Kier molecular flexibility index (Phi) is 3.93. The molecule has 0 bridgehead atoms. The molecule has 2 rings (SSSR count). The van der Waals surface area contributed by atoms with Gasteiger partial charge in [-0.3, -0.25) is 4.98 Å². The van der Waals surface area contributed by atoms with Crippen LogP contribution in [0.1, 0.15) is 38.8 Å². The van der Waals surface area contributed by atoms with Gasteiger partial charge in [0.15, 0.2) is 5.84 Å². The first-order chi connectivity index (χ1) is 9.08. The third kappa shape index (κ3) is 2.97. The Balaban J connectivity index is 2.04. The molecule has 1 fully saturated rings. The molecule has 1 saturated heterocycles. The molecule has 1 aliphatic rings. The molecule has 3 N–H and O–H groups in total. The molecule has 0 radical (unpaired) electrons. The first-order valence-corrected chi connectivity index (χ1v) is 6.77. The van der Waals surface area contributed by atoms with Gasteiger partial charge in [0.2, 0.25) is 0 Å². The van der Waals surface area contributed by atoms with Crippen molar-refractivity contribution in [1.29, 1.82) is 0 Å². The predicted octanol–water partition coefficient (Wildman–Crippen LogP) is 2.19. The molecule has 0 aromatic carbocycles. The number of hydrogen-bond acceptors (Lipinski definition) is 4. The summed E-state index contributed by atoms with van der Waals surface area (Å²) in [5.74, 6) is 0.0451. The molecule has 19 heavy (non-hydrogen) atoms. The minimum Gasteiger partial charge on any atom is -0.409 e. The molecule has 0 unspecified atom stereocenters. The van der Waals surface area contributed by atoms with Crippen LogP contribution in [0.5, 0.6) is 0 Å². The van der Waals surface area contributed by atoms with E-state index < -0.39 is 0 Å². The molecular weight excluding hydrogens is 240 g/mol. The van der Waals surface area contributed by atoms with Crippen molar-refractivity contribution >= 4 is 11.5 Å². The largest absolute Gasteiger partial charge is 0.409 e. The Hall–Kier alpha value is -1.78. The molecular formula is C14H22N4O. The summed E-state index contributed by atoms with van der Waals surface area (Å²) in [6.45, 7) is 6.76. The maximum Gasteiger partial charge on any atom is 0.188 e. The van der Waals surface area contributed by atoms with E-state index in [9.17, 15) is 0 Å². The van der Waals surface area contributed by atoms with Gasteiger partial charge in [-0.2, -0.15) is 0 Å². The second-order valence-corrected chi connectivity index (χ2v) is 5.54. The normalized spacial score (nSPS) is 19.5. The number of aromatic nitrogens is 1. The van der Waals surface area contributed by atoms with Crippen LogP contribution in [0.2, 0.25) is 0 Å². The predicted molar refractivity (Wildman–Crippen MR) is 76.6 cm³/mol. The van der Waals surface area contributed by atoms with Gasteiger partial charge < -0.3 is 15.8 Å². The van der Waals surface area contributed by atoms with Gasteiger partial charge in [-0.1, -0.05) is 25.4 Å². The minimum atomic E-state index is 0.0451. The van der Waals surface area contributed by atoms with E-state index in [0.717, 1.165) is 18.8 Å². The van der Waals surface area contributed by atoms with Crippen molar-refractivity contribution in [2.24, 2.45) is 16.3 Å². The zero-order valence-electron chi connectivity index (χ0n) is 11.6. The number of nitrogens with two attached hydrogens (primary N) is 1. The van der Waals surface area contributed by atoms with Crippen LogP contribution in [0.15, 0.2) is 23.5 Å². The zero-order valence-corrected chi connectivity index (χ0v) is 11.6. The maximum absolute atomic E-state index is 8.60. The molecule has 5 heteroatoms. The summed E-state index contributed by atoms with van der Waals surface area (Å²) in [5.41, 5.74) is 7.59. The number of pyridine rings is 1. The lowest BCUT2D eigenvalue weighted by atomic mass is 9.78. The van der Waals surface area contributed by atoms with E-state index in [1.54, 1.807) is 12.3 Å². The van der Waals surface area contributed by atoms with Crippen molar-refractivity contribution in [1.82, 2.24) is 4.98 Å². The van der Waals surface area contributed by atoms with E-state index in [4.69, 9.17) is 10.9 Å².